The molecule has 0 aliphatic heterocycles. The molecule has 0 unspecified atom stereocenters. The van der Waals surface area contributed by atoms with Gasteiger partial charge >= 0.3 is 0 Å². The molecule has 1 aliphatic carbocycles. The lowest BCUT2D eigenvalue weighted by Gasteiger charge is -2.34. The summed E-state index contributed by atoms with van der Waals surface area (Å²) in [6, 6.07) is 10.1. The highest BCUT2D eigenvalue weighted by molar-refractivity contribution is 5.78. The van der Waals surface area contributed by atoms with Crippen molar-refractivity contribution < 1.29 is 19.8 Å². The summed E-state index contributed by atoms with van der Waals surface area (Å²) in [5.41, 5.74) is 1.20. The Hall–Kier alpha value is -1.92. The minimum Gasteiger partial charge on any atom is -0.483 e. The fourth-order valence-corrected chi connectivity index (χ4v) is 2.81. The van der Waals surface area contributed by atoms with E-state index in [0.29, 0.717) is 12.8 Å². The number of hydrogen-bond donors (Lipinski definition) is 3. The molecule has 1 aliphatic rings. The number of aliphatic hydroxyl groups is 1. The number of benzene rings is 1. The summed E-state index contributed by atoms with van der Waals surface area (Å²) in [6.45, 7) is 0.478. The zero-order chi connectivity index (χ0) is 17.2. The molecule has 3 N–H and O–H groups in total. The van der Waals surface area contributed by atoms with Crippen LogP contribution in [0.15, 0.2) is 30.3 Å². The van der Waals surface area contributed by atoms with Crippen LogP contribution in [0.5, 0.6) is 0 Å². The van der Waals surface area contributed by atoms with Crippen LogP contribution < -0.4 is 5.32 Å². The third-order valence-corrected chi connectivity index (χ3v) is 4.02. The molecule has 2 rings (SSSR count). The van der Waals surface area contributed by atoms with Crippen LogP contribution in [0, 0.1) is 5.92 Å². The summed E-state index contributed by atoms with van der Waals surface area (Å²) >= 11 is 0. The van der Waals surface area contributed by atoms with Crippen molar-refractivity contribution in [3.63, 3.8) is 0 Å². The van der Waals surface area contributed by atoms with E-state index in [2.05, 4.69) is 17.4 Å². The lowest BCUT2D eigenvalue weighted by Crippen LogP contribution is -2.47. The van der Waals surface area contributed by atoms with Gasteiger partial charge in [0.1, 0.15) is 0 Å². The molecule has 23 heavy (non-hydrogen) atoms. The average Bonchev–Trinajstić information content (AvgIpc) is 2.55. The second kappa shape index (κ2) is 9.97. The highest BCUT2D eigenvalue weighted by Crippen LogP contribution is 2.26. The Morgan fingerprint density at radius 2 is 1.91 bits per heavy atom. The standard InChI is InChI=1S/C16H24N2O2.CH2O2/c1-18(2)16(20)13-8-9-15(19)14(10-13)17-11-12-6-4-3-5-7-12;2-1-3/h3-7,13-15,17,19H,8-11H2,1-2H3;1H,(H,2,3)/t13-,14+,15+;/m0./s1. The molecule has 6 nitrogen and oxygen atoms in total. The third kappa shape index (κ3) is 6.38. The van der Waals surface area contributed by atoms with Crippen molar-refractivity contribution in [1.82, 2.24) is 10.2 Å². The predicted molar refractivity (Wildman–Crippen MR) is 87.8 cm³/mol. The number of nitrogens with zero attached hydrogens (tertiary/aromatic N) is 1. The Morgan fingerprint density at radius 3 is 2.48 bits per heavy atom. The van der Waals surface area contributed by atoms with Crippen molar-refractivity contribution in [3.8, 4) is 0 Å². The number of nitrogens with one attached hydrogen (secondary N) is 1. The number of carbonyl (C=O) groups excluding carboxylic acids is 1. The van der Waals surface area contributed by atoms with Crippen LogP contribution in [-0.2, 0) is 16.1 Å². The highest BCUT2D eigenvalue weighted by atomic mass is 16.3. The smallest absolute Gasteiger partial charge is 0.290 e. The number of carboxylic acid groups (broad SMARTS) is 1. The first-order valence-corrected chi connectivity index (χ1v) is 7.74. The van der Waals surface area contributed by atoms with Crippen LogP contribution in [0.2, 0.25) is 0 Å². The van der Waals surface area contributed by atoms with Gasteiger partial charge in [0.2, 0.25) is 5.91 Å². The van der Waals surface area contributed by atoms with Crippen LogP contribution in [0.25, 0.3) is 0 Å². The molecule has 3 atom stereocenters. The molecule has 0 radical (unpaired) electrons. The molecule has 1 fully saturated rings. The quantitative estimate of drug-likeness (QED) is 0.722. The van der Waals surface area contributed by atoms with Crippen LogP contribution in [0.1, 0.15) is 24.8 Å². The van der Waals surface area contributed by atoms with Crippen LogP contribution in [0.4, 0.5) is 0 Å². The number of amides is 1. The van der Waals surface area contributed by atoms with Gasteiger partial charge in [-0.05, 0) is 24.8 Å². The Bertz CT molecular complexity index is 479. The van der Waals surface area contributed by atoms with E-state index < -0.39 is 0 Å². The van der Waals surface area contributed by atoms with Gasteiger partial charge < -0.3 is 20.4 Å². The minimum absolute atomic E-state index is 0.00199. The molecule has 0 bridgehead atoms. The average molecular weight is 322 g/mol. The van der Waals surface area contributed by atoms with E-state index in [1.54, 1.807) is 19.0 Å². The maximum Gasteiger partial charge on any atom is 0.290 e. The summed E-state index contributed by atoms with van der Waals surface area (Å²) < 4.78 is 0. The highest BCUT2D eigenvalue weighted by Gasteiger charge is 2.33. The summed E-state index contributed by atoms with van der Waals surface area (Å²) in [5, 5.41) is 20.4. The zero-order valence-corrected chi connectivity index (χ0v) is 13.7. The van der Waals surface area contributed by atoms with Gasteiger partial charge in [-0.1, -0.05) is 30.3 Å². The lowest BCUT2D eigenvalue weighted by molar-refractivity contribution is -0.135. The molecule has 1 amide bonds. The second-order valence-corrected chi connectivity index (χ2v) is 5.89. The van der Waals surface area contributed by atoms with Crippen LogP contribution in [0.3, 0.4) is 0 Å². The van der Waals surface area contributed by atoms with Crippen molar-refractivity contribution in [3.05, 3.63) is 35.9 Å². The molecule has 0 spiro atoms. The van der Waals surface area contributed by atoms with Gasteiger partial charge in [-0.15, -0.1) is 0 Å². The number of carbonyl (C=O) groups is 2. The second-order valence-electron chi connectivity index (χ2n) is 5.89. The van der Waals surface area contributed by atoms with Gasteiger partial charge in [-0.2, -0.15) is 0 Å². The molecule has 0 aromatic heterocycles. The lowest BCUT2D eigenvalue weighted by atomic mass is 9.83. The maximum absolute atomic E-state index is 12.0. The van der Waals surface area contributed by atoms with Gasteiger partial charge in [0.15, 0.2) is 0 Å². The first kappa shape index (κ1) is 19.1. The van der Waals surface area contributed by atoms with E-state index in [-0.39, 0.29) is 30.4 Å². The number of rotatable bonds is 4. The molecular weight excluding hydrogens is 296 g/mol. The van der Waals surface area contributed by atoms with Crippen LogP contribution >= 0.6 is 0 Å². The molecular formula is C17H26N2O4. The van der Waals surface area contributed by atoms with Gasteiger partial charge in [0.05, 0.1) is 6.10 Å². The number of hydrogen-bond acceptors (Lipinski definition) is 4. The Balaban J connectivity index is 0.000000816. The fourth-order valence-electron chi connectivity index (χ4n) is 2.81. The first-order chi connectivity index (χ1) is 11.0. The SMILES string of the molecule is CN(C)C(=O)[C@H]1CC[C@@H](O)[C@H](NCc2ccccc2)C1.O=CO. The van der Waals surface area contributed by atoms with Gasteiger partial charge in [-0.25, -0.2) is 0 Å². The summed E-state index contributed by atoms with van der Waals surface area (Å²) in [5.74, 6) is 0.199. The van der Waals surface area contributed by atoms with Crippen LogP contribution in [-0.4, -0.2) is 53.7 Å². The molecule has 1 aromatic carbocycles. The van der Waals surface area contributed by atoms with E-state index in [1.165, 1.54) is 5.56 Å². The van der Waals surface area contributed by atoms with E-state index >= 15 is 0 Å². The summed E-state index contributed by atoms with van der Waals surface area (Å²) in [6.07, 6.45) is 1.83. The largest absolute Gasteiger partial charge is 0.483 e. The third-order valence-electron chi connectivity index (χ3n) is 4.02. The van der Waals surface area contributed by atoms with E-state index in [9.17, 15) is 9.90 Å². The van der Waals surface area contributed by atoms with Crippen molar-refractivity contribution >= 4 is 12.4 Å². The number of aliphatic hydroxyl groups excluding tert-OH is 1. The Labute approximate surface area is 137 Å². The molecule has 128 valence electrons. The molecule has 0 heterocycles. The van der Waals surface area contributed by atoms with Gasteiger partial charge in [-0.3, -0.25) is 9.59 Å². The van der Waals surface area contributed by atoms with Crippen molar-refractivity contribution in [2.75, 3.05) is 14.1 Å². The van der Waals surface area contributed by atoms with Gasteiger partial charge in [0.25, 0.3) is 6.47 Å². The van der Waals surface area contributed by atoms with Crippen molar-refractivity contribution in [2.45, 2.75) is 38.0 Å². The fraction of sp³-hybridized carbons (Fsp3) is 0.529. The topological polar surface area (TPSA) is 89.9 Å². The molecule has 1 aromatic rings. The Morgan fingerprint density at radius 1 is 1.30 bits per heavy atom. The monoisotopic (exact) mass is 322 g/mol. The van der Waals surface area contributed by atoms with Crippen molar-refractivity contribution in [1.29, 1.82) is 0 Å². The van der Waals surface area contributed by atoms with Crippen molar-refractivity contribution in [2.24, 2.45) is 5.92 Å². The van der Waals surface area contributed by atoms with E-state index in [0.717, 1.165) is 13.0 Å². The first-order valence-electron chi connectivity index (χ1n) is 7.74. The minimum atomic E-state index is -0.357. The van der Waals surface area contributed by atoms with E-state index in [4.69, 9.17) is 9.90 Å². The molecule has 6 heteroatoms. The summed E-state index contributed by atoms with van der Waals surface area (Å²) in [4.78, 5) is 22.1. The molecule has 1 saturated carbocycles. The van der Waals surface area contributed by atoms with E-state index in [1.807, 2.05) is 18.2 Å². The Kier molecular flexibility index (Phi) is 8.29. The summed E-state index contributed by atoms with van der Waals surface area (Å²) in [7, 11) is 3.58. The zero-order valence-electron chi connectivity index (χ0n) is 13.7. The van der Waals surface area contributed by atoms with Gasteiger partial charge in [0, 0.05) is 32.6 Å². The normalized spacial score (nSPS) is 23.3. The molecule has 0 saturated heterocycles. The predicted octanol–water partition coefficient (Wildman–Crippen LogP) is 1.09. The maximum atomic E-state index is 12.0.